The molecule has 0 aromatic heterocycles. The first kappa shape index (κ1) is 14.5. The molecule has 0 saturated heterocycles. The number of nitrogens with one attached hydrogen (secondary N) is 1. The second-order valence-corrected chi connectivity index (χ2v) is 7.54. The molecule has 1 aliphatic heterocycles. The van der Waals surface area contributed by atoms with Crippen LogP contribution in [0, 0.1) is 0 Å². The van der Waals surface area contributed by atoms with Crippen molar-refractivity contribution in [2.24, 2.45) is 0 Å². The van der Waals surface area contributed by atoms with Gasteiger partial charge in [0.1, 0.15) is 13.2 Å². The summed E-state index contributed by atoms with van der Waals surface area (Å²) in [7, 11) is 0. The standard InChI is InChI=1S/C15H23NO2S/c1-15(2,3)19-9-6-16-11-12-4-5-13-14(10-12)18-8-7-17-13/h4-5,10,16H,6-9,11H2,1-3H3. The summed E-state index contributed by atoms with van der Waals surface area (Å²) in [5, 5.41) is 3.46. The first-order valence-corrected chi connectivity index (χ1v) is 7.76. The highest BCUT2D eigenvalue weighted by Crippen LogP contribution is 2.30. The van der Waals surface area contributed by atoms with E-state index in [9.17, 15) is 0 Å². The van der Waals surface area contributed by atoms with Crippen LogP contribution >= 0.6 is 11.8 Å². The van der Waals surface area contributed by atoms with Gasteiger partial charge in [-0.2, -0.15) is 11.8 Å². The zero-order valence-corrected chi connectivity index (χ0v) is 12.8. The van der Waals surface area contributed by atoms with Crippen LogP contribution in [0.15, 0.2) is 18.2 Å². The molecule has 0 fully saturated rings. The molecule has 1 aromatic carbocycles. The van der Waals surface area contributed by atoms with Gasteiger partial charge in [-0.1, -0.05) is 26.8 Å². The van der Waals surface area contributed by atoms with Crippen molar-refractivity contribution < 1.29 is 9.47 Å². The normalized spacial score (nSPS) is 14.5. The molecular weight excluding hydrogens is 258 g/mol. The highest BCUT2D eigenvalue weighted by molar-refractivity contribution is 8.00. The fraction of sp³-hybridized carbons (Fsp3) is 0.600. The topological polar surface area (TPSA) is 30.5 Å². The maximum Gasteiger partial charge on any atom is 0.161 e. The van der Waals surface area contributed by atoms with Crippen molar-refractivity contribution in [3.8, 4) is 11.5 Å². The largest absolute Gasteiger partial charge is 0.486 e. The molecule has 1 N–H and O–H groups in total. The number of rotatable bonds is 5. The minimum absolute atomic E-state index is 0.346. The summed E-state index contributed by atoms with van der Waals surface area (Å²) in [6.45, 7) is 9.94. The fourth-order valence-corrected chi connectivity index (χ4v) is 2.72. The van der Waals surface area contributed by atoms with Gasteiger partial charge in [0.05, 0.1) is 0 Å². The smallest absolute Gasteiger partial charge is 0.161 e. The van der Waals surface area contributed by atoms with E-state index < -0.39 is 0 Å². The van der Waals surface area contributed by atoms with Crippen molar-refractivity contribution in [1.82, 2.24) is 5.32 Å². The van der Waals surface area contributed by atoms with Crippen molar-refractivity contribution in [2.45, 2.75) is 32.1 Å². The Morgan fingerprint density at radius 3 is 2.63 bits per heavy atom. The molecule has 0 aliphatic carbocycles. The molecule has 0 atom stereocenters. The lowest BCUT2D eigenvalue weighted by Crippen LogP contribution is -2.20. The number of hydrogen-bond acceptors (Lipinski definition) is 4. The van der Waals surface area contributed by atoms with Gasteiger partial charge in [0.25, 0.3) is 0 Å². The van der Waals surface area contributed by atoms with Gasteiger partial charge in [0, 0.05) is 23.6 Å². The van der Waals surface area contributed by atoms with E-state index in [0.717, 1.165) is 30.3 Å². The lowest BCUT2D eigenvalue weighted by atomic mass is 10.2. The number of fused-ring (bicyclic) bond motifs is 1. The number of benzene rings is 1. The second-order valence-electron chi connectivity index (χ2n) is 5.62. The highest BCUT2D eigenvalue weighted by atomic mass is 32.2. The molecule has 0 spiro atoms. The molecule has 0 radical (unpaired) electrons. The Balaban J connectivity index is 1.74. The second kappa shape index (κ2) is 6.53. The molecule has 106 valence electrons. The summed E-state index contributed by atoms with van der Waals surface area (Å²) in [5.41, 5.74) is 1.24. The number of thioether (sulfide) groups is 1. The quantitative estimate of drug-likeness (QED) is 0.840. The third kappa shape index (κ3) is 4.96. The number of ether oxygens (including phenoxy) is 2. The number of hydrogen-bond donors (Lipinski definition) is 1. The van der Waals surface area contributed by atoms with Crippen LogP contribution in [-0.4, -0.2) is 30.3 Å². The van der Waals surface area contributed by atoms with E-state index in [-0.39, 0.29) is 0 Å². The van der Waals surface area contributed by atoms with Gasteiger partial charge in [0.15, 0.2) is 11.5 Å². The molecule has 0 unspecified atom stereocenters. The summed E-state index contributed by atoms with van der Waals surface area (Å²) in [5.74, 6) is 2.86. The molecule has 3 nitrogen and oxygen atoms in total. The van der Waals surface area contributed by atoms with E-state index in [4.69, 9.17) is 9.47 Å². The zero-order valence-electron chi connectivity index (χ0n) is 12.0. The molecular formula is C15H23NO2S. The van der Waals surface area contributed by atoms with Crippen LogP contribution in [0.3, 0.4) is 0 Å². The van der Waals surface area contributed by atoms with Gasteiger partial charge in [-0.05, 0) is 17.7 Å². The Kier molecular flexibility index (Phi) is 4.99. The van der Waals surface area contributed by atoms with Crippen molar-refractivity contribution in [3.63, 3.8) is 0 Å². The average Bonchev–Trinajstić information content (AvgIpc) is 2.37. The van der Waals surface area contributed by atoms with Crippen molar-refractivity contribution in [3.05, 3.63) is 23.8 Å². The highest BCUT2D eigenvalue weighted by Gasteiger charge is 2.12. The summed E-state index contributed by atoms with van der Waals surface area (Å²) in [4.78, 5) is 0. The first-order valence-electron chi connectivity index (χ1n) is 6.78. The summed E-state index contributed by atoms with van der Waals surface area (Å²) < 4.78 is 11.4. The summed E-state index contributed by atoms with van der Waals surface area (Å²) in [6, 6.07) is 6.16. The van der Waals surface area contributed by atoms with E-state index in [2.05, 4.69) is 38.2 Å². The lowest BCUT2D eigenvalue weighted by Gasteiger charge is -2.19. The maximum atomic E-state index is 5.58. The minimum atomic E-state index is 0.346. The van der Waals surface area contributed by atoms with Crippen molar-refractivity contribution in [2.75, 3.05) is 25.5 Å². The van der Waals surface area contributed by atoms with Crippen LogP contribution in [0.2, 0.25) is 0 Å². The molecule has 1 heterocycles. The van der Waals surface area contributed by atoms with Crippen LogP contribution in [0.5, 0.6) is 11.5 Å². The van der Waals surface area contributed by atoms with E-state index in [1.165, 1.54) is 5.56 Å². The monoisotopic (exact) mass is 281 g/mol. The van der Waals surface area contributed by atoms with Crippen LogP contribution in [0.1, 0.15) is 26.3 Å². The molecule has 0 bridgehead atoms. The Labute approximate surface area is 120 Å². The van der Waals surface area contributed by atoms with Crippen LogP contribution < -0.4 is 14.8 Å². The molecule has 1 aromatic rings. The van der Waals surface area contributed by atoms with Gasteiger partial charge in [-0.15, -0.1) is 0 Å². The maximum absolute atomic E-state index is 5.58. The minimum Gasteiger partial charge on any atom is -0.486 e. The Hall–Kier alpha value is -0.870. The third-order valence-electron chi connectivity index (χ3n) is 2.75. The van der Waals surface area contributed by atoms with Crippen LogP contribution in [-0.2, 0) is 6.54 Å². The average molecular weight is 281 g/mol. The first-order chi connectivity index (χ1) is 9.04. The van der Waals surface area contributed by atoms with E-state index in [0.29, 0.717) is 18.0 Å². The predicted octanol–water partition coefficient (Wildman–Crippen LogP) is 3.08. The predicted molar refractivity (Wildman–Crippen MR) is 81.3 cm³/mol. The summed E-state index contributed by atoms with van der Waals surface area (Å²) >= 11 is 1.98. The summed E-state index contributed by atoms with van der Waals surface area (Å²) in [6.07, 6.45) is 0. The molecule has 2 rings (SSSR count). The lowest BCUT2D eigenvalue weighted by molar-refractivity contribution is 0.171. The zero-order chi connectivity index (χ0) is 13.7. The van der Waals surface area contributed by atoms with Crippen LogP contribution in [0.25, 0.3) is 0 Å². The van der Waals surface area contributed by atoms with Crippen LogP contribution in [0.4, 0.5) is 0 Å². The molecule has 0 amide bonds. The molecule has 4 heteroatoms. The molecule has 19 heavy (non-hydrogen) atoms. The Morgan fingerprint density at radius 2 is 1.89 bits per heavy atom. The SMILES string of the molecule is CC(C)(C)SCCNCc1ccc2c(c1)OCCO2. The molecule has 0 saturated carbocycles. The van der Waals surface area contributed by atoms with E-state index in [1.807, 2.05) is 17.8 Å². The Bertz CT molecular complexity index is 415. The van der Waals surface area contributed by atoms with Gasteiger partial charge in [-0.25, -0.2) is 0 Å². The van der Waals surface area contributed by atoms with Crippen molar-refractivity contribution >= 4 is 11.8 Å². The fourth-order valence-electron chi connectivity index (χ4n) is 1.86. The van der Waals surface area contributed by atoms with Gasteiger partial charge < -0.3 is 14.8 Å². The Morgan fingerprint density at radius 1 is 1.16 bits per heavy atom. The van der Waals surface area contributed by atoms with E-state index in [1.54, 1.807) is 0 Å². The van der Waals surface area contributed by atoms with E-state index >= 15 is 0 Å². The van der Waals surface area contributed by atoms with Gasteiger partial charge >= 0.3 is 0 Å². The third-order valence-corrected chi connectivity index (χ3v) is 4.02. The van der Waals surface area contributed by atoms with Gasteiger partial charge in [0.2, 0.25) is 0 Å². The molecule has 1 aliphatic rings. The van der Waals surface area contributed by atoms with Gasteiger partial charge in [-0.3, -0.25) is 0 Å². The van der Waals surface area contributed by atoms with Crippen molar-refractivity contribution in [1.29, 1.82) is 0 Å².